The third-order valence-electron chi connectivity index (χ3n) is 4.08. The van der Waals surface area contributed by atoms with Crippen LogP contribution in [0.3, 0.4) is 0 Å². The van der Waals surface area contributed by atoms with E-state index in [4.69, 9.17) is 0 Å². The number of likely N-dealkylation sites (tertiary alicyclic amines) is 1. The average molecular weight is 301 g/mol. The Balaban J connectivity index is 1.72. The zero-order valence-corrected chi connectivity index (χ0v) is 12.7. The molecule has 1 atom stereocenters. The van der Waals surface area contributed by atoms with Gasteiger partial charge >= 0.3 is 0 Å². The minimum atomic E-state index is -0.198. The number of piperidine rings is 1. The van der Waals surface area contributed by atoms with Gasteiger partial charge in [0.2, 0.25) is 0 Å². The van der Waals surface area contributed by atoms with Crippen molar-refractivity contribution in [2.24, 2.45) is 0 Å². The maximum absolute atomic E-state index is 13.3. The molecule has 1 aliphatic heterocycles. The summed E-state index contributed by atoms with van der Waals surface area (Å²) < 4.78 is 13.3. The fraction of sp³-hybridized carbons (Fsp3) is 0.412. The fourth-order valence-electron chi connectivity index (χ4n) is 3.11. The topological polar surface area (TPSA) is 49.0 Å². The van der Waals surface area contributed by atoms with Gasteiger partial charge in [-0.15, -0.1) is 0 Å². The van der Waals surface area contributed by atoms with Crippen molar-refractivity contribution >= 4 is 0 Å². The number of H-pyrrole nitrogens is 1. The van der Waals surface area contributed by atoms with Crippen LogP contribution < -0.4 is 5.56 Å². The number of benzene rings is 1. The van der Waals surface area contributed by atoms with E-state index >= 15 is 0 Å². The minimum Gasteiger partial charge on any atom is -0.310 e. The molecule has 5 heteroatoms. The molecule has 4 nitrogen and oxygen atoms in total. The highest BCUT2D eigenvalue weighted by atomic mass is 19.1. The first-order chi connectivity index (χ1) is 10.6. The Kier molecular flexibility index (Phi) is 4.34. The van der Waals surface area contributed by atoms with Crippen LogP contribution in [-0.2, 0) is 6.54 Å². The second-order valence-corrected chi connectivity index (χ2v) is 5.98. The summed E-state index contributed by atoms with van der Waals surface area (Å²) in [5.74, 6) is 0.805. The molecule has 1 saturated heterocycles. The number of hydrogen-bond donors (Lipinski definition) is 1. The number of hydrogen-bond acceptors (Lipinski definition) is 3. The molecule has 2 aromatic rings. The molecule has 22 heavy (non-hydrogen) atoms. The molecule has 3 rings (SSSR count). The Hall–Kier alpha value is -2.01. The van der Waals surface area contributed by atoms with E-state index in [0.717, 1.165) is 49.6 Å². The molecule has 0 aliphatic carbocycles. The van der Waals surface area contributed by atoms with Crippen LogP contribution in [0, 0.1) is 12.7 Å². The molecule has 0 amide bonds. The zero-order valence-electron chi connectivity index (χ0n) is 12.7. The first kappa shape index (κ1) is 14.9. The summed E-state index contributed by atoms with van der Waals surface area (Å²) in [7, 11) is 0. The van der Waals surface area contributed by atoms with E-state index in [9.17, 15) is 9.18 Å². The highest BCUT2D eigenvalue weighted by molar-refractivity contribution is 5.16. The highest BCUT2D eigenvalue weighted by Gasteiger charge is 2.23. The Labute approximate surface area is 129 Å². The molecule has 1 aromatic heterocycles. The SMILES string of the molecule is Cc1cc(=O)[nH]c([C@H]2CCCN(Cc3cccc(F)c3)C2)n1. The maximum atomic E-state index is 13.3. The largest absolute Gasteiger partial charge is 0.310 e. The summed E-state index contributed by atoms with van der Waals surface area (Å²) in [6.07, 6.45) is 2.07. The van der Waals surface area contributed by atoms with Gasteiger partial charge in [-0.05, 0) is 44.0 Å². The molecule has 1 N–H and O–H groups in total. The second kappa shape index (κ2) is 6.40. The van der Waals surface area contributed by atoms with Gasteiger partial charge in [0.1, 0.15) is 11.6 Å². The quantitative estimate of drug-likeness (QED) is 0.948. The van der Waals surface area contributed by atoms with Crippen molar-refractivity contribution in [1.82, 2.24) is 14.9 Å². The van der Waals surface area contributed by atoms with Gasteiger partial charge in [0.05, 0.1) is 0 Å². The number of aromatic amines is 1. The third-order valence-corrected chi connectivity index (χ3v) is 4.08. The standard InChI is InChI=1S/C17H20FN3O/c1-12-8-16(22)20-17(19-12)14-5-3-7-21(11-14)10-13-4-2-6-15(18)9-13/h2,4,6,8-9,14H,3,5,7,10-11H2,1H3,(H,19,20,22)/t14-/m0/s1. The van der Waals surface area contributed by atoms with Gasteiger partial charge in [0, 0.05) is 30.8 Å². The summed E-state index contributed by atoms with van der Waals surface area (Å²) in [5.41, 5.74) is 1.64. The van der Waals surface area contributed by atoms with Crippen molar-refractivity contribution < 1.29 is 4.39 Å². The fourth-order valence-corrected chi connectivity index (χ4v) is 3.11. The van der Waals surface area contributed by atoms with E-state index in [1.807, 2.05) is 13.0 Å². The number of aromatic nitrogens is 2. The van der Waals surface area contributed by atoms with E-state index in [1.165, 1.54) is 12.1 Å². The number of nitrogens with one attached hydrogen (secondary N) is 1. The summed E-state index contributed by atoms with van der Waals surface area (Å²) >= 11 is 0. The first-order valence-electron chi connectivity index (χ1n) is 7.65. The Morgan fingerprint density at radius 3 is 3.05 bits per heavy atom. The van der Waals surface area contributed by atoms with Crippen molar-refractivity contribution in [2.75, 3.05) is 13.1 Å². The molecule has 1 fully saturated rings. The van der Waals surface area contributed by atoms with Crippen molar-refractivity contribution in [1.29, 1.82) is 0 Å². The van der Waals surface area contributed by atoms with Crippen LogP contribution in [0.25, 0.3) is 0 Å². The summed E-state index contributed by atoms with van der Waals surface area (Å²) in [6.45, 7) is 4.39. The molecular formula is C17H20FN3O. The number of rotatable bonds is 3. The summed E-state index contributed by atoms with van der Waals surface area (Å²) in [5, 5.41) is 0. The third kappa shape index (κ3) is 3.60. The molecule has 0 spiro atoms. The normalized spacial score (nSPS) is 19.3. The lowest BCUT2D eigenvalue weighted by atomic mass is 9.96. The van der Waals surface area contributed by atoms with Gasteiger partial charge in [-0.3, -0.25) is 9.69 Å². The Morgan fingerprint density at radius 1 is 1.41 bits per heavy atom. The lowest BCUT2D eigenvalue weighted by molar-refractivity contribution is 0.196. The number of nitrogens with zero attached hydrogens (tertiary/aromatic N) is 2. The summed E-state index contributed by atoms with van der Waals surface area (Å²) in [6, 6.07) is 8.24. The van der Waals surface area contributed by atoms with Gasteiger partial charge in [0.15, 0.2) is 0 Å². The summed E-state index contributed by atoms with van der Waals surface area (Å²) in [4.78, 5) is 21.2. The van der Waals surface area contributed by atoms with E-state index in [0.29, 0.717) is 0 Å². The Morgan fingerprint density at radius 2 is 2.27 bits per heavy atom. The molecule has 116 valence electrons. The zero-order chi connectivity index (χ0) is 15.5. The van der Waals surface area contributed by atoms with Crippen LogP contribution in [0.4, 0.5) is 4.39 Å². The van der Waals surface area contributed by atoms with Gasteiger partial charge in [0.25, 0.3) is 5.56 Å². The predicted molar refractivity (Wildman–Crippen MR) is 83.2 cm³/mol. The monoisotopic (exact) mass is 301 g/mol. The van der Waals surface area contributed by atoms with Crippen LogP contribution in [0.1, 0.15) is 35.8 Å². The maximum Gasteiger partial charge on any atom is 0.251 e. The van der Waals surface area contributed by atoms with E-state index in [2.05, 4.69) is 14.9 Å². The average Bonchev–Trinajstić information content (AvgIpc) is 2.46. The molecular weight excluding hydrogens is 281 g/mol. The molecule has 1 aromatic carbocycles. The van der Waals surface area contributed by atoms with Crippen molar-refractivity contribution in [3.05, 3.63) is 63.6 Å². The van der Waals surface area contributed by atoms with Gasteiger partial charge in [-0.1, -0.05) is 12.1 Å². The van der Waals surface area contributed by atoms with Gasteiger partial charge < -0.3 is 4.98 Å². The van der Waals surface area contributed by atoms with Crippen LogP contribution in [0.2, 0.25) is 0 Å². The minimum absolute atomic E-state index is 0.0928. The molecule has 0 radical (unpaired) electrons. The second-order valence-electron chi connectivity index (χ2n) is 5.98. The highest BCUT2D eigenvalue weighted by Crippen LogP contribution is 2.25. The lowest BCUT2D eigenvalue weighted by Crippen LogP contribution is -2.35. The first-order valence-corrected chi connectivity index (χ1v) is 7.65. The van der Waals surface area contributed by atoms with E-state index in [-0.39, 0.29) is 17.3 Å². The molecule has 0 bridgehead atoms. The lowest BCUT2D eigenvalue weighted by Gasteiger charge is -2.32. The van der Waals surface area contributed by atoms with Crippen molar-refractivity contribution in [2.45, 2.75) is 32.2 Å². The predicted octanol–water partition coefficient (Wildman–Crippen LogP) is 2.60. The van der Waals surface area contributed by atoms with Crippen LogP contribution in [0.15, 0.2) is 35.1 Å². The number of aryl methyl sites for hydroxylation is 1. The van der Waals surface area contributed by atoms with Crippen molar-refractivity contribution in [3.8, 4) is 0 Å². The molecule has 2 heterocycles. The van der Waals surface area contributed by atoms with Gasteiger partial charge in [-0.25, -0.2) is 9.37 Å². The van der Waals surface area contributed by atoms with Crippen molar-refractivity contribution in [3.63, 3.8) is 0 Å². The molecule has 0 saturated carbocycles. The van der Waals surface area contributed by atoms with Crippen LogP contribution in [0.5, 0.6) is 0 Å². The van der Waals surface area contributed by atoms with E-state index < -0.39 is 0 Å². The van der Waals surface area contributed by atoms with E-state index in [1.54, 1.807) is 12.1 Å². The molecule has 1 aliphatic rings. The smallest absolute Gasteiger partial charge is 0.251 e. The number of halogens is 1. The van der Waals surface area contributed by atoms with Gasteiger partial charge in [-0.2, -0.15) is 0 Å². The molecule has 0 unspecified atom stereocenters. The Bertz CT molecular complexity index is 713. The van der Waals surface area contributed by atoms with Crippen LogP contribution >= 0.6 is 0 Å². The van der Waals surface area contributed by atoms with Crippen LogP contribution in [-0.4, -0.2) is 28.0 Å².